The first-order chi connectivity index (χ1) is 5.81. The Hall–Kier alpha value is -1.18. The molecule has 0 rings (SSSR count). The second-order valence-electron chi connectivity index (χ2n) is 2.59. The van der Waals surface area contributed by atoms with Gasteiger partial charge in [0.05, 0.1) is 0 Å². The number of allylic oxidation sites excluding steroid dienone is 3. The lowest BCUT2D eigenvalue weighted by Gasteiger charge is -1.95. The maximum absolute atomic E-state index is 10.1. The van der Waals surface area contributed by atoms with Crippen LogP contribution in [0.1, 0.15) is 25.7 Å². The third-order valence-corrected chi connectivity index (χ3v) is 1.50. The van der Waals surface area contributed by atoms with Crippen molar-refractivity contribution < 1.29 is 9.59 Å². The zero-order chi connectivity index (χ0) is 9.23. The van der Waals surface area contributed by atoms with Crippen LogP contribution in [0, 0.1) is 0 Å². The fourth-order valence-electron chi connectivity index (χ4n) is 0.825. The summed E-state index contributed by atoms with van der Waals surface area (Å²) in [7, 11) is 0. The van der Waals surface area contributed by atoms with Crippen molar-refractivity contribution in [2.75, 3.05) is 0 Å². The summed E-state index contributed by atoms with van der Waals surface area (Å²) in [6.45, 7) is 3.56. The van der Waals surface area contributed by atoms with Gasteiger partial charge in [0.2, 0.25) is 0 Å². The molecule has 0 aliphatic carbocycles. The fourth-order valence-corrected chi connectivity index (χ4v) is 0.825. The third-order valence-electron chi connectivity index (χ3n) is 1.50. The van der Waals surface area contributed by atoms with E-state index in [2.05, 4.69) is 6.58 Å². The van der Waals surface area contributed by atoms with Crippen molar-refractivity contribution in [3.05, 3.63) is 24.3 Å². The van der Waals surface area contributed by atoms with E-state index in [4.69, 9.17) is 0 Å². The average Bonchev–Trinajstić information content (AvgIpc) is 2.10. The van der Waals surface area contributed by atoms with Crippen molar-refractivity contribution in [1.29, 1.82) is 0 Å². The number of rotatable bonds is 7. The molecule has 0 saturated carbocycles. The van der Waals surface area contributed by atoms with Gasteiger partial charge in [-0.2, -0.15) is 0 Å². The Bertz CT molecular complexity index is 180. The second-order valence-corrected chi connectivity index (χ2v) is 2.59. The Balaban J connectivity index is 3.21. The van der Waals surface area contributed by atoms with Gasteiger partial charge in [0.15, 0.2) is 0 Å². The zero-order valence-corrected chi connectivity index (χ0v) is 7.16. The average molecular weight is 166 g/mol. The topological polar surface area (TPSA) is 34.1 Å². The van der Waals surface area contributed by atoms with Crippen LogP contribution in [0.2, 0.25) is 0 Å². The third kappa shape index (κ3) is 6.93. The van der Waals surface area contributed by atoms with Crippen molar-refractivity contribution in [3.8, 4) is 0 Å². The molecule has 0 radical (unpaired) electrons. The minimum absolute atomic E-state index is 0.648. The van der Waals surface area contributed by atoms with E-state index in [0.717, 1.165) is 38.3 Å². The number of carbonyl (C=O) groups excluding carboxylic acids is 2. The second kappa shape index (κ2) is 7.92. The molecule has 0 unspecified atom stereocenters. The van der Waals surface area contributed by atoms with E-state index in [0.29, 0.717) is 5.57 Å². The quantitative estimate of drug-likeness (QED) is 0.329. The van der Waals surface area contributed by atoms with Crippen molar-refractivity contribution in [2.24, 2.45) is 0 Å². The van der Waals surface area contributed by atoms with Gasteiger partial charge in [-0.1, -0.05) is 12.7 Å². The molecular formula is C10H14O2. The summed E-state index contributed by atoms with van der Waals surface area (Å²) in [6.07, 6.45) is 8.50. The molecule has 0 amide bonds. The molecule has 0 atom stereocenters. The molecule has 0 bridgehead atoms. The molecule has 0 fully saturated rings. The molecule has 0 aliphatic rings. The van der Waals surface area contributed by atoms with Crippen molar-refractivity contribution in [3.63, 3.8) is 0 Å². The highest BCUT2D eigenvalue weighted by Gasteiger charge is 1.90. The lowest BCUT2D eigenvalue weighted by Crippen LogP contribution is -1.82. The van der Waals surface area contributed by atoms with Gasteiger partial charge < -0.3 is 0 Å². The van der Waals surface area contributed by atoms with Crippen LogP contribution in [0.5, 0.6) is 0 Å². The van der Waals surface area contributed by atoms with Crippen LogP contribution >= 0.6 is 0 Å². The molecule has 0 aromatic heterocycles. The smallest absolute Gasteiger partial charge is 0.145 e. The Labute approximate surface area is 73.0 Å². The van der Waals surface area contributed by atoms with Crippen LogP contribution in [0.15, 0.2) is 24.3 Å². The highest BCUT2D eigenvalue weighted by atomic mass is 16.1. The van der Waals surface area contributed by atoms with Crippen LogP contribution in [0.3, 0.4) is 0 Å². The van der Waals surface area contributed by atoms with E-state index < -0.39 is 0 Å². The van der Waals surface area contributed by atoms with Crippen molar-refractivity contribution >= 4 is 12.6 Å². The van der Waals surface area contributed by atoms with E-state index in [1.807, 2.05) is 6.08 Å². The van der Waals surface area contributed by atoms with Gasteiger partial charge in [0, 0.05) is 0 Å². The van der Waals surface area contributed by atoms with Crippen molar-refractivity contribution in [2.45, 2.75) is 25.7 Å². The molecule has 66 valence electrons. The standard InChI is InChI=1S/C10H14O2/c1-10(9-12)7-5-3-2-4-6-8-11/h4,6,8-9H,1-3,5,7H2/b6-4+. The lowest BCUT2D eigenvalue weighted by atomic mass is 10.1. The SMILES string of the molecule is C=C(C=O)CCCC/C=C/C=O. The Morgan fingerprint density at radius 1 is 1.25 bits per heavy atom. The summed E-state index contributed by atoms with van der Waals surface area (Å²) in [4.78, 5) is 20.0. The normalized spacial score (nSPS) is 10.0. The summed E-state index contributed by atoms with van der Waals surface area (Å²) in [5, 5.41) is 0. The van der Waals surface area contributed by atoms with Gasteiger partial charge in [-0.15, -0.1) is 0 Å². The molecule has 0 spiro atoms. The van der Waals surface area contributed by atoms with E-state index >= 15 is 0 Å². The number of unbranched alkanes of at least 4 members (excludes halogenated alkanes) is 2. The highest BCUT2D eigenvalue weighted by Crippen LogP contribution is 2.05. The number of hydrogen-bond acceptors (Lipinski definition) is 2. The summed E-state index contributed by atoms with van der Waals surface area (Å²) < 4.78 is 0. The van der Waals surface area contributed by atoms with Gasteiger partial charge in [-0.3, -0.25) is 9.59 Å². The van der Waals surface area contributed by atoms with Gasteiger partial charge in [-0.05, 0) is 37.3 Å². The molecule has 2 nitrogen and oxygen atoms in total. The molecule has 0 aromatic carbocycles. The zero-order valence-electron chi connectivity index (χ0n) is 7.16. The minimum Gasteiger partial charge on any atom is -0.299 e. The molecule has 12 heavy (non-hydrogen) atoms. The Morgan fingerprint density at radius 2 is 2.00 bits per heavy atom. The van der Waals surface area contributed by atoms with Crippen LogP contribution in [-0.4, -0.2) is 12.6 Å². The molecule has 0 saturated heterocycles. The predicted molar refractivity (Wildman–Crippen MR) is 48.9 cm³/mol. The summed E-state index contributed by atoms with van der Waals surface area (Å²) >= 11 is 0. The lowest BCUT2D eigenvalue weighted by molar-refractivity contribution is -0.105. The van der Waals surface area contributed by atoms with Gasteiger partial charge >= 0.3 is 0 Å². The summed E-state index contributed by atoms with van der Waals surface area (Å²) in [5.74, 6) is 0. The maximum Gasteiger partial charge on any atom is 0.145 e. The van der Waals surface area contributed by atoms with E-state index in [9.17, 15) is 9.59 Å². The van der Waals surface area contributed by atoms with Crippen LogP contribution in [-0.2, 0) is 9.59 Å². The van der Waals surface area contributed by atoms with Gasteiger partial charge in [0.25, 0.3) is 0 Å². The van der Waals surface area contributed by atoms with E-state index in [1.165, 1.54) is 6.08 Å². The largest absolute Gasteiger partial charge is 0.299 e. The molecule has 0 aliphatic heterocycles. The molecule has 0 N–H and O–H groups in total. The van der Waals surface area contributed by atoms with Crippen LogP contribution in [0.4, 0.5) is 0 Å². The molecule has 2 heteroatoms. The first kappa shape index (κ1) is 10.8. The van der Waals surface area contributed by atoms with E-state index in [1.54, 1.807) is 0 Å². The van der Waals surface area contributed by atoms with Crippen LogP contribution < -0.4 is 0 Å². The number of carbonyl (C=O) groups is 2. The maximum atomic E-state index is 10.1. The monoisotopic (exact) mass is 166 g/mol. The first-order valence-electron chi connectivity index (χ1n) is 4.04. The number of hydrogen-bond donors (Lipinski definition) is 0. The highest BCUT2D eigenvalue weighted by molar-refractivity contribution is 5.71. The molecular weight excluding hydrogens is 152 g/mol. The minimum atomic E-state index is 0.648. The summed E-state index contributed by atoms with van der Waals surface area (Å²) in [5.41, 5.74) is 0.648. The molecule has 0 aromatic rings. The van der Waals surface area contributed by atoms with Gasteiger partial charge in [-0.25, -0.2) is 0 Å². The Morgan fingerprint density at radius 3 is 2.58 bits per heavy atom. The molecule has 0 heterocycles. The van der Waals surface area contributed by atoms with E-state index in [-0.39, 0.29) is 0 Å². The number of aldehydes is 2. The van der Waals surface area contributed by atoms with Crippen LogP contribution in [0.25, 0.3) is 0 Å². The van der Waals surface area contributed by atoms with Gasteiger partial charge in [0.1, 0.15) is 12.6 Å². The van der Waals surface area contributed by atoms with Crippen molar-refractivity contribution in [1.82, 2.24) is 0 Å². The fraction of sp³-hybridized carbons (Fsp3) is 0.400. The Kier molecular flexibility index (Phi) is 7.14. The summed E-state index contributed by atoms with van der Waals surface area (Å²) in [6, 6.07) is 0. The predicted octanol–water partition coefficient (Wildman–Crippen LogP) is 2.06. The first-order valence-corrected chi connectivity index (χ1v) is 4.04.